The Balaban J connectivity index is 3.01. The summed E-state index contributed by atoms with van der Waals surface area (Å²) in [6.07, 6.45) is -0.456. The van der Waals surface area contributed by atoms with Crippen LogP contribution in [-0.2, 0) is 0 Å². The van der Waals surface area contributed by atoms with Gasteiger partial charge in [0.25, 0.3) is 5.91 Å². The number of aliphatic hydroxyl groups excluding tert-OH is 1. The molecule has 1 unspecified atom stereocenters. The van der Waals surface area contributed by atoms with Crippen LogP contribution < -0.4 is 16.0 Å². The molecule has 5 nitrogen and oxygen atoms in total. The molecule has 0 aliphatic rings. The number of hydrogen-bond acceptors (Lipinski definition) is 4. The lowest BCUT2D eigenvalue weighted by Crippen LogP contribution is -2.28. The molecule has 0 saturated carbocycles. The van der Waals surface area contributed by atoms with Crippen LogP contribution >= 0.6 is 0 Å². The van der Waals surface area contributed by atoms with E-state index >= 15 is 0 Å². The fourth-order valence-electron chi connectivity index (χ4n) is 1.65. The van der Waals surface area contributed by atoms with Crippen LogP contribution in [0, 0.1) is 0 Å². The van der Waals surface area contributed by atoms with Crippen molar-refractivity contribution in [1.29, 1.82) is 0 Å². The smallest absolute Gasteiger partial charge is 0.251 e. The first-order chi connectivity index (χ1) is 7.95. The van der Waals surface area contributed by atoms with Crippen LogP contribution in [0.15, 0.2) is 18.2 Å². The third-order valence-electron chi connectivity index (χ3n) is 2.47. The molecule has 1 atom stereocenters. The number of aliphatic hydroxyl groups is 1. The number of nitrogens with two attached hydrogens (primary N) is 1. The Labute approximate surface area is 101 Å². The first kappa shape index (κ1) is 13.3. The standard InChI is InChI=1S/C12H19N3O2/c1-8(16)7-15(3)11-6-9(12(17)14-2)4-5-10(11)13/h4-6,8,16H,7,13H2,1-3H3,(H,14,17). The second-order valence-corrected chi connectivity index (χ2v) is 4.08. The largest absolute Gasteiger partial charge is 0.397 e. The second-order valence-electron chi connectivity index (χ2n) is 4.08. The van der Waals surface area contributed by atoms with Crippen LogP contribution in [0.1, 0.15) is 17.3 Å². The minimum absolute atomic E-state index is 0.156. The Hall–Kier alpha value is -1.75. The van der Waals surface area contributed by atoms with Crippen LogP contribution in [0.2, 0.25) is 0 Å². The van der Waals surface area contributed by atoms with Crippen molar-refractivity contribution >= 4 is 17.3 Å². The quantitative estimate of drug-likeness (QED) is 0.664. The van der Waals surface area contributed by atoms with E-state index in [0.717, 1.165) is 5.69 Å². The molecule has 0 aliphatic heterocycles. The lowest BCUT2D eigenvalue weighted by atomic mass is 10.1. The number of hydrogen-bond donors (Lipinski definition) is 3. The number of benzene rings is 1. The van der Waals surface area contributed by atoms with Crippen molar-refractivity contribution in [3.63, 3.8) is 0 Å². The zero-order valence-electron chi connectivity index (χ0n) is 10.4. The van der Waals surface area contributed by atoms with Gasteiger partial charge in [0.05, 0.1) is 17.5 Å². The number of nitrogens with one attached hydrogen (secondary N) is 1. The molecule has 1 rings (SSSR count). The highest BCUT2D eigenvalue weighted by atomic mass is 16.3. The molecule has 5 heteroatoms. The maximum Gasteiger partial charge on any atom is 0.251 e. The van der Waals surface area contributed by atoms with Crippen LogP contribution in [0.25, 0.3) is 0 Å². The van der Waals surface area contributed by atoms with E-state index in [2.05, 4.69) is 5.32 Å². The summed E-state index contributed by atoms with van der Waals surface area (Å²) in [7, 11) is 3.41. The SMILES string of the molecule is CNC(=O)c1ccc(N)c(N(C)CC(C)O)c1. The molecule has 0 aromatic heterocycles. The van der Waals surface area contributed by atoms with Gasteiger partial charge in [-0.1, -0.05) is 0 Å². The number of anilines is 2. The van der Waals surface area contributed by atoms with Crippen molar-refractivity contribution < 1.29 is 9.90 Å². The summed E-state index contributed by atoms with van der Waals surface area (Å²) in [6, 6.07) is 5.09. The average Bonchev–Trinajstić information content (AvgIpc) is 2.27. The van der Waals surface area contributed by atoms with Gasteiger partial charge in [-0.05, 0) is 25.1 Å². The molecule has 0 radical (unpaired) electrons. The van der Waals surface area contributed by atoms with Crippen molar-refractivity contribution in [3.8, 4) is 0 Å². The van der Waals surface area contributed by atoms with Gasteiger partial charge in [0.2, 0.25) is 0 Å². The Morgan fingerprint density at radius 1 is 1.59 bits per heavy atom. The number of likely N-dealkylation sites (N-methyl/N-ethyl adjacent to an activating group) is 1. The highest BCUT2D eigenvalue weighted by Gasteiger charge is 2.11. The first-order valence-electron chi connectivity index (χ1n) is 5.46. The fraction of sp³-hybridized carbons (Fsp3) is 0.417. The number of carbonyl (C=O) groups is 1. The van der Waals surface area contributed by atoms with Gasteiger partial charge in [-0.3, -0.25) is 4.79 Å². The average molecular weight is 237 g/mol. The minimum Gasteiger partial charge on any atom is -0.397 e. The van der Waals surface area contributed by atoms with Crippen molar-refractivity contribution in [2.75, 3.05) is 31.3 Å². The predicted molar refractivity (Wildman–Crippen MR) is 69.2 cm³/mol. The molecule has 1 amide bonds. The molecular formula is C12H19N3O2. The molecule has 1 aromatic rings. The highest BCUT2D eigenvalue weighted by Crippen LogP contribution is 2.23. The maximum atomic E-state index is 11.5. The number of carbonyl (C=O) groups excluding carboxylic acids is 1. The molecule has 17 heavy (non-hydrogen) atoms. The highest BCUT2D eigenvalue weighted by molar-refractivity contribution is 5.96. The van der Waals surface area contributed by atoms with Crippen molar-refractivity contribution in [3.05, 3.63) is 23.8 Å². The van der Waals surface area contributed by atoms with Crippen molar-refractivity contribution in [2.45, 2.75) is 13.0 Å². The van der Waals surface area contributed by atoms with E-state index in [1.54, 1.807) is 32.2 Å². The van der Waals surface area contributed by atoms with Gasteiger partial charge in [-0.2, -0.15) is 0 Å². The summed E-state index contributed by atoms with van der Waals surface area (Å²) >= 11 is 0. The van der Waals surface area contributed by atoms with E-state index in [1.165, 1.54) is 0 Å². The second kappa shape index (κ2) is 5.54. The third kappa shape index (κ3) is 3.35. The van der Waals surface area contributed by atoms with Crippen molar-refractivity contribution in [2.24, 2.45) is 0 Å². The number of rotatable bonds is 4. The first-order valence-corrected chi connectivity index (χ1v) is 5.46. The molecule has 0 aliphatic carbocycles. The third-order valence-corrected chi connectivity index (χ3v) is 2.47. The zero-order chi connectivity index (χ0) is 13.0. The van der Waals surface area contributed by atoms with Crippen LogP contribution in [0.4, 0.5) is 11.4 Å². The summed E-state index contributed by atoms with van der Waals surface area (Å²) in [4.78, 5) is 13.3. The Morgan fingerprint density at radius 3 is 2.76 bits per heavy atom. The maximum absolute atomic E-state index is 11.5. The van der Waals surface area contributed by atoms with E-state index < -0.39 is 6.10 Å². The topological polar surface area (TPSA) is 78.6 Å². The van der Waals surface area contributed by atoms with E-state index in [9.17, 15) is 9.90 Å². The lowest BCUT2D eigenvalue weighted by molar-refractivity contribution is 0.0963. The molecule has 1 aromatic carbocycles. The molecule has 4 N–H and O–H groups in total. The van der Waals surface area contributed by atoms with Gasteiger partial charge in [0.1, 0.15) is 0 Å². The molecule has 0 bridgehead atoms. The summed E-state index contributed by atoms with van der Waals surface area (Å²) in [5, 5.41) is 11.9. The van der Waals surface area contributed by atoms with E-state index in [4.69, 9.17) is 5.73 Å². The summed E-state index contributed by atoms with van der Waals surface area (Å²) < 4.78 is 0. The molecule has 0 heterocycles. The van der Waals surface area contributed by atoms with E-state index in [1.807, 2.05) is 11.9 Å². The number of nitrogen functional groups attached to an aromatic ring is 1. The summed E-state index contributed by atoms with van der Waals surface area (Å²) in [5.74, 6) is -0.156. The lowest BCUT2D eigenvalue weighted by Gasteiger charge is -2.23. The van der Waals surface area contributed by atoms with Gasteiger partial charge in [-0.15, -0.1) is 0 Å². The summed E-state index contributed by atoms with van der Waals surface area (Å²) in [6.45, 7) is 2.16. The predicted octanol–water partition coefficient (Wildman–Crippen LogP) is 0.445. The van der Waals surface area contributed by atoms with Gasteiger partial charge in [-0.25, -0.2) is 0 Å². The molecule has 94 valence electrons. The fourth-order valence-corrected chi connectivity index (χ4v) is 1.65. The molecule has 0 saturated heterocycles. The van der Waals surface area contributed by atoms with Gasteiger partial charge in [0, 0.05) is 26.2 Å². The molecule has 0 spiro atoms. The van der Waals surface area contributed by atoms with E-state index in [-0.39, 0.29) is 5.91 Å². The minimum atomic E-state index is -0.456. The zero-order valence-corrected chi connectivity index (χ0v) is 10.4. The van der Waals surface area contributed by atoms with Gasteiger partial charge >= 0.3 is 0 Å². The summed E-state index contributed by atoms with van der Waals surface area (Å²) in [5.41, 5.74) is 7.73. The number of nitrogens with zero attached hydrogens (tertiary/aromatic N) is 1. The van der Waals surface area contributed by atoms with E-state index in [0.29, 0.717) is 17.8 Å². The van der Waals surface area contributed by atoms with Crippen LogP contribution in [0.5, 0.6) is 0 Å². The monoisotopic (exact) mass is 237 g/mol. The van der Waals surface area contributed by atoms with Crippen LogP contribution in [-0.4, -0.2) is 37.8 Å². The number of amides is 1. The molecular weight excluding hydrogens is 218 g/mol. The normalized spacial score (nSPS) is 12.0. The Bertz CT molecular complexity index is 405. The molecule has 0 fully saturated rings. The van der Waals surface area contributed by atoms with Gasteiger partial charge < -0.3 is 21.1 Å². The van der Waals surface area contributed by atoms with Crippen molar-refractivity contribution in [1.82, 2.24) is 5.32 Å². The Kier molecular flexibility index (Phi) is 4.34. The Morgan fingerprint density at radius 2 is 2.24 bits per heavy atom. The van der Waals surface area contributed by atoms with Gasteiger partial charge in [0.15, 0.2) is 0 Å². The van der Waals surface area contributed by atoms with Crippen LogP contribution in [0.3, 0.4) is 0 Å².